The van der Waals surface area contributed by atoms with Crippen molar-refractivity contribution in [2.75, 3.05) is 7.11 Å². The molecule has 1 unspecified atom stereocenters. The van der Waals surface area contributed by atoms with Crippen LogP contribution in [0, 0.1) is 5.82 Å². The highest BCUT2D eigenvalue weighted by Crippen LogP contribution is 2.36. The number of benzene rings is 1. The van der Waals surface area contributed by atoms with Gasteiger partial charge in [0.05, 0.1) is 17.8 Å². The van der Waals surface area contributed by atoms with Crippen molar-refractivity contribution in [3.05, 3.63) is 52.1 Å². The number of rotatable bonds is 3. The standard InChI is InChI=1S/C12H10BrFO3/c1-16-8-5-4-7(14)10(11(8)13)12(15)9-3-2-6-17-9/h2-6,12,15H,1H3. The van der Waals surface area contributed by atoms with Crippen LogP contribution in [0.2, 0.25) is 0 Å². The zero-order valence-electron chi connectivity index (χ0n) is 8.98. The Morgan fingerprint density at radius 3 is 2.76 bits per heavy atom. The van der Waals surface area contributed by atoms with Crippen molar-refractivity contribution in [2.24, 2.45) is 0 Å². The summed E-state index contributed by atoms with van der Waals surface area (Å²) in [6.07, 6.45) is 0.249. The maximum atomic E-state index is 13.7. The number of furan rings is 1. The van der Waals surface area contributed by atoms with Crippen LogP contribution in [0.1, 0.15) is 17.4 Å². The molecule has 5 heteroatoms. The zero-order valence-corrected chi connectivity index (χ0v) is 10.6. The van der Waals surface area contributed by atoms with Gasteiger partial charge in [-0.3, -0.25) is 0 Å². The molecule has 0 amide bonds. The molecule has 1 heterocycles. The van der Waals surface area contributed by atoms with Crippen LogP contribution < -0.4 is 4.74 Å². The molecule has 0 radical (unpaired) electrons. The topological polar surface area (TPSA) is 42.6 Å². The van der Waals surface area contributed by atoms with Gasteiger partial charge in [0, 0.05) is 5.56 Å². The minimum Gasteiger partial charge on any atom is -0.496 e. The number of aliphatic hydroxyl groups is 1. The lowest BCUT2D eigenvalue weighted by Gasteiger charge is -2.14. The predicted molar refractivity (Wildman–Crippen MR) is 63.4 cm³/mol. The first-order valence-corrected chi connectivity index (χ1v) is 5.67. The van der Waals surface area contributed by atoms with Crippen LogP contribution in [0.5, 0.6) is 5.75 Å². The molecular formula is C12H10BrFO3. The van der Waals surface area contributed by atoms with Gasteiger partial charge in [-0.05, 0) is 40.2 Å². The van der Waals surface area contributed by atoms with Gasteiger partial charge in [0.15, 0.2) is 0 Å². The van der Waals surface area contributed by atoms with E-state index in [0.29, 0.717) is 10.2 Å². The Hall–Kier alpha value is -1.33. The van der Waals surface area contributed by atoms with E-state index >= 15 is 0 Å². The molecule has 0 aliphatic carbocycles. The molecule has 2 aromatic rings. The number of aliphatic hydroxyl groups excluding tert-OH is 1. The van der Waals surface area contributed by atoms with E-state index in [1.54, 1.807) is 12.1 Å². The second kappa shape index (κ2) is 4.89. The Balaban J connectivity index is 2.51. The Morgan fingerprint density at radius 2 is 2.18 bits per heavy atom. The molecule has 0 bridgehead atoms. The third kappa shape index (κ3) is 2.21. The summed E-state index contributed by atoms with van der Waals surface area (Å²) < 4.78 is 24.2. The molecule has 17 heavy (non-hydrogen) atoms. The average Bonchev–Trinajstić information content (AvgIpc) is 2.82. The molecule has 1 aromatic carbocycles. The molecule has 0 fully saturated rings. The molecule has 0 aliphatic rings. The van der Waals surface area contributed by atoms with Gasteiger partial charge in [0.1, 0.15) is 23.4 Å². The SMILES string of the molecule is COc1ccc(F)c(C(O)c2ccco2)c1Br. The second-order valence-electron chi connectivity index (χ2n) is 3.40. The molecule has 0 spiro atoms. The van der Waals surface area contributed by atoms with Crippen LogP contribution in [0.15, 0.2) is 39.4 Å². The van der Waals surface area contributed by atoms with E-state index in [0.717, 1.165) is 0 Å². The smallest absolute Gasteiger partial charge is 0.141 e. The normalized spacial score (nSPS) is 12.5. The maximum Gasteiger partial charge on any atom is 0.141 e. The zero-order chi connectivity index (χ0) is 12.4. The molecule has 0 saturated heterocycles. The summed E-state index contributed by atoms with van der Waals surface area (Å²) >= 11 is 3.21. The molecule has 0 aliphatic heterocycles. The van der Waals surface area contributed by atoms with Gasteiger partial charge < -0.3 is 14.3 Å². The van der Waals surface area contributed by atoms with Crippen LogP contribution in [-0.2, 0) is 0 Å². The fourth-order valence-corrected chi connectivity index (χ4v) is 2.25. The molecule has 2 rings (SSSR count). The van der Waals surface area contributed by atoms with E-state index in [2.05, 4.69) is 15.9 Å². The molecule has 1 N–H and O–H groups in total. The van der Waals surface area contributed by atoms with Crippen molar-refractivity contribution in [1.29, 1.82) is 0 Å². The van der Waals surface area contributed by atoms with Crippen molar-refractivity contribution in [3.63, 3.8) is 0 Å². The minimum atomic E-state index is -1.17. The van der Waals surface area contributed by atoms with Gasteiger partial charge in [0.25, 0.3) is 0 Å². The van der Waals surface area contributed by atoms with Crippen LogP contribution in [0.4, 0.5) is 4.39 Å². The predicted octanol–water partition coefficient (Wildman–Crippen LogP) is 3.27. The van der Waals surface area contributed by atoms with Gasteiger partial charge in [-0.2, -0.15) is 0 Å². The van der Waals surface area contributed by atoms with Crippen LogP contribution >= 0.6 is 15.9 Å². The van der Waals surface area contributed by atoms with Crippen molar-refractivity contribution in [1.82, 2.24) is 0 Å². The van der Waals surface area contributed by atoms with Crippen molar-refractivity contribution in [2.45, 2.75) is 6.10 Å². The van der Waals surface area contributed by atoms with Gasteiger partial charge in [0.2, 0.25) is 0 Å². The lowest BCUT2D eigenvalue weighted by Crippen LogP contribution is -2.04. The highest BCUT2D eigenvalue weighted by atomic mass is 79.9. The van der Waals surface area contributed by atoms with E-state index in [9.17, 15) is 9.50 Å². The van der Waals surface area contributed by atoms with Gasteiger partial charge in [-0.1, -0.05) is 0 Å². The Bertz CT molecular complexity index is 511. The van der Waals surface area contributed by atoms with Crippen molar-refractivity contribution in [3.8, 4) is 5.75 Å². The number of methoxy groups -OCH3 is 1. The van der Waals surface area contributed by atoms with Crippen molar-refractivity contribution >= 4 is 15.9 Å². The van der Waals surface area contributed by atoms with E-state index in [-0.39, 0.29) is 11.3 Å². The second-order valence-corrected chi connectivity index (χ2v) is 4.19. The minimum absolute atomic E-state index is 0.0966. The summed E-state index contributed by atoms with van der Waals surface area (Å²) in [5, 5.41) is 10.0. The number of hydrogen-bond acceptors (Lipinski definition) is 3. The summed E-state index contributed by atoms with van der Waals surface area (Å²) in [7, 11) is 1.47. The summed E-state index contributed by atoms with van der Waals surface area (Å²) in [5.74, 6) is 0.200. The van der Waals surface area contributed by atoms with Gasteiger partial charge >= 0.3 is 0 Å². The summed E-state index contributed by atoms with van der Waals surface area (Å²) in [5.41, 5.74) is 0.0966. The highest BCUT2D eigenvalue weighted by Gasteiger charge is 2.22. The maximum absolute atomic E-state index is 13.7. The third-order valence-corrected chi connectivity index (χ3v) is 3.22. The molecule has 3 nitrogen and oxygen atoms in total. The van der Waals surface area contributed by atoms with Crippen LogP contribution in [-0.4, -0.2) is 12.2 Å². The first kappa shape index (κ1) is 12.1. The number of hydrogen-bond donors (Lipinski definition) is 1. The largest absolute Gasteiger partial charge is 0.496 e. The lowest BCUT2D eigenvalue weighted by molar-refractivity contribution is 0.183. The molecule has 90 valence electrons. The van der Waals surface area contributed by atoms with Crippen LogP contribution in [0.25, 0.3) is 0 Å². The summed E-state index contributed by atoms with van der Waals surface area (Å²) in [6.45, 7) is 0. The average molecular weight is 301 g/mol. The first-order chi connectivity index (χ1) is 8.15. The summed E-state index contributed by atoms with van der Waals surface area (Å²) in [4.78, 5) is 0. The quantitative estimate of drug-likeness (QED) is 0.946. The number of ether oxygens (including phenoxy) is 1. The monoisotopic (exact) mass is 300 g/mol. The summed E-state index contributed by atoms with van der Waals surface area (Å²) in [6, 6.07) is 5.93. The van der Waals surface area contributed by atoms with Gasteiger partial charge in [-0.25, -0.2) is 4.39 Å². The van der Waals surface area contributed by atoms with Crippen LogP contribution in [0.3, 0.4) is 0 Å². The van der Waals surface area contributed by atoms with E-state index < -0.39 is 11.9 Å². The van der Waals surface area contributed by atoms with E-state index in [1.165, 1.54) is 25.5 Å². The Morgan fingerprint density at radius 1 is 1.41 bits per heavy atom. The van der Waals surface area contributed by atoms with E-state index in [1.807, 2.05) is 0 Å². The van der Waals surface area contributed by atoms with Gasteiger partial charge in [-0.15, -0.1) is 0 Å². The Labute approximate surface area is 106 Å². The van der Waals surface area contributed by atoms with Crippen molar-refractivity contribution < 1.29 is 18.7 Å². The fourth-order valence-electron chi connectivity index (χ4n) is 1.55. The van der Waals surface area contributed by atoms with E-state index in [4.69, 9.17) is 9.15 Å². The third-order valence-electron chi connectivity index (χ3n) is 2.40. The highest BCUT2D eigenvalue weighted by molar-refractivity contribution is 9.10. The molecule has 0 saturated carbocycles. The fraction of sp³-hybridized carbons (Fsp3) is 0.167. The lowest BCUT2D eigenvalue weighted by atomic mass is 10.1. The first-order valence-electron chi connectivity index (χ1n) is 4.88. The Kier molecular flexibility index (Phi) is 3.49. The molecule has 1 aromatic heterocycles. The number of halogens is 2. The molecule has 1 atom stereocenters. The molecular weight excluding hydrogens is 291 g/mol.